The maximum atomic E-state index is 12.8. The molecule has 1 aromatic rings. The minimum Gasteiger partial charge on any atom is -0.408 e. The summed E-state index contributed by atoms with van der Waals surface area (Å²) in [5, 5.41) is 11.0. The van der Waals surface area contributed by atoms with E-state index in [9.17, 15) is 9.59 Å². The minimum absolute atomic E-state index is 0. The molecule has 1 aliphatic carbocycles. The van der Waals surface area contributed by atoms with E-state index in [1.54, 1.807) is 0 Å². The average Bonchev–Trinajstić information content (AvgIpc) is 2.90. The predicted octanol–water partition coefficient (Wildman–Crippen LogP) is 3.23. The van der Waals surface area contributed by atoms with E-state index >= 15 is 0 Å². The second kappa shape index (κ2) is 12.4. The molecule has 1 aliphatic rings. The van der Waals surface area contributed by atoms with Crippen molar-refractivity contribution in [3.05, 3.63) is 5.89 Å². The zero-order valence-corrected chi connectivity index (χ0v) is 17.7. The number of nitrogens with zero attached hydrogens (tertiary/aromatic N) is 2. The highest BCUT2D eigenvalue weighted by Crippen LogP contribution is 2.24. The van der Waals surface area contributed by atoms with Crippen LogP contribution >= 0.6 is 24.2 Å². The third-order valence-electron chi connectivity index (χ3n) is 4.53. The Hall–Kier alpha value is -1.12. The summed E-state index contributed by atoms with van der Waals surface area (Å²) >= 11 is 1.32. The molecule has 0 aliphatic heterocycles. The Morgan fingerprint density at radius 1 is 1.22 bits per heavy atom. The third-order valence-corrected chi connectivity index (χ3v) is 5.38. The van der Waals surface area contributed by atoms with Gasteiger partial charge in [0.15, 0.2) is 0 Å². The van der Waals surface area contributed by atoms with Crippen molar-refractivity contribution in [1.29, 1.82) is 0 Å². The molecule has 27 heavy (non-hydrogen) atoms. The van der Waals surface area contributed by atoms with Crippen LogP contribution in [-0.2, 0) is 4.79 Å². The molecule has 0 saturated heterocycles. The average molecular weight is 419 g/mol. The van der Waals surface area contributed by atoms with Gasteiger partial charge in [0.1, 0.15) is 0 Å². The van der Waals surface area contributed by atoms with Gasteiger partial charge in [0.25, 0.3) is 11.1 Å². The number of amides is 1. The molecule has 1 heterocycles. The Labute approximate surface area is 171 Å². The summed E-state index contributed by atoms with van der Waals surface area (Å²) in [5.74, 6) is 0.516. The highest BCUT2D eigenvalue weighted by Gasteiger charge is 2.30. The number of halogens is 1. The number of rotatable bonds is 9. The number of hydrogen-bond acceptors (Lipinski definition) is 7. The van der Waals surface area contributed by atoms with Crippen molar-refractivity contribution in [3.63, 3.8) is 0 Å². The summed E-state index contributed by atoms with van der Waals surface area (Å²) in [6, 6.07) is -0.626. The first-order valence-electron chi connectivity index (χ1n) is 9.52. The summed E-state index contributed by atoms with van der Waals surface area (Å²) in [5.41, 5.74) is 5.46. The fraction of sp³-hybridized carbons (Fsp3) is 0.778. The molecular weight excluding hydrogens is 388 g/mol. The molecule has 0 radical (unpaired) electrons. The van der Waals surface area contributed by atoms with Gasteiger partial charge in [0, 0.05) is 18.2 Å². The number of ketones is 1. The summed E-state index contributed by atoms with van der Waals surface area (Å²) in [4.78, 5) is 25.5. The number of thioether (sulfide) groups is 1. The van der Waals surface area contributed by atoms with Crippen LogP contribution in [0.4, 0.5) is 0 Å². The van der Waals surface area contributed by atoms with Gasteiger partial charge in [0.2, 0.25) is 11.7 Å². The zero-order valence-electron chi connectivity index (χ0n) is 16.1. The van der Waals surface area contributed by atoms with E-state index < -0.39 is 6.04 Å². The molecule has 7 nitrogen and oxygen atoms in total. The van der Waals surface area contributed by atoms with Crippen molar-refractivity contribution in [2.75, 3.05) is 12.3 Å². The van der Waals surface area contributed by atoms with Crippen LogP contribution in [-0.4, -0.2) is 40.2 Å². The molecule has 9 heteroatoms. The van der Waals surface area contributed by atoms with E-state index in [0.717, 1.165) is 25.7 Å². The van der Waals surface area contributed by atoms with Crippen molar-refractivity contribution < 1.29 is 14.0 Å². The van der Waals surface area contributed by atoms with Gasteiger partial charge in [-0.25, -0.2) is 0 Å². The van der Waals surface area contributed by atoms with Gasteiger partial charge < -0.3 is 15.5 Å². The van der Waals surface area contributed by atoms with E-state index in [1.165, 1.54) is 24.6 Å². The van der Waals surface area contributed by atoms with Gasteiger partial charge in [-0.05, 0) is 25.2 Å². The summed E-state index contributed by atoms with van der Waals surface area (Å²) in [7, 11) is 0. The number of carbonyl (C=O) groups is 2. The first kappa shape index (κ1) is 23.9. The lowest BCUT2D eigenvalue weighted by atomic mass is 9.96. The highest BCUT2D eigenvalue weighted by molar-refractivity contribution is 7.99. The summed E-state index contributed by atoms with van der Waals surface area (Å²) in [6.45, 7) is 4.53. The second-order valence-electron chi connectivity index (χ2n) is 7.25. The van der Waals surface area contributed by atoms with Gasteiger partial charge in [-0.2, -0.15) is 0 Å². The van der Waals surface area contributed by atoms with Crippen molar-refractivity contribution in [3.8, 4) is 0 Å². The van der Waals surface area contributed by atoms with Crippen molar-refractivity contribution in [2.24, 2.45) is 17.6 Å². The van der Waals surface area contributed by atoms with Crippen LogP contribution in [0, 0.1) is 11.8 Å². The molecule has 0 unspecified atom stereocenters. The number of hydrogen-bond donors (Lipinski definition) is 2. The lowest BCUT2D eigenvalue weighted by Crippen LogP contribution is -2.44. The zero-order chi connectivity index (χ0) is 18.9. The van der Waals surface area contributed by atoms with Gasteiger partial charge in [-0.3, -0.25) is 9.59 Å². The van der Waals surface area contributed by atoms with E-state index in [1.807, 2.05) is 13.8 Å². The molecule has 0 bridgehead atoms. The molecule has 0 spiro atoms. The second-order valence-corrected chi connectivity index (χ2v) is 8.30. The molecule has 0 aromatic carbocycles. The van der Waals surface area contributed by atoms with Crippen LogP contribution in [0.1, 0.15) is 69.5 Å². The Morgan fingerprint density at radius 3 is 2.48 bits per heavy atom. The molecule has 1 saturated carbocycles. The molecule has 2 rings (SSSR count). The van der Waals surface area contributed by atoms with Crippen LogP contribution in [0.15, 0.2) is 9.64 Å². The Bertz CT molecular complexity index is 589. The van der Waals surface area contributed by atoms with E-state index in [2.05, 4.69) is 15.5 Å². The SMILES string of the molecule is CC(C)C[C@H](NC(=O)C1CCCCCC1)C(=O)c1nnc(SCCN)o1.Cl. The molecule has 1 amide bonds. The van der Waals surface area contributed by atoms with Crippen molar-refractivity contribution in [1.82, 2.24) is 15.5 Å². The van der Waals surface area contributed by atoms with Crippen LogP contribution in [0.25, 0.3) is 0 Å². The minimum atomic E-state index is -0.626. The maximum Gasteiger partial charge on any atom is 0.286 e. The number of nitrogens with two attached hydrogens (primary N) is 1. The fourth-order valence-electron chi connectivity index (χ4n) is 3.20. The fourth-order valence-corrected chi connectivity index (χ4v) is 3.73. The van der Waals surface area contributed by atoms with Crippen LogP contribution in [0.5, 0.6) is 0 Å². The Morgan fingerprint density at radius 2 is 1.89 bits per heavy atom. The lowest BCUT2D eigenvalue weighted by Gasteiger charge is -2.21. The lowest BCUT2D eigenvalue weighted by molar-refractivity contribution is -0.126. The molecular formula is C18H31ClN4O3S. The van der Waals surface area contributed by atoms with E-state index in [4.69, 9.17) is 10.2 Å². The number of Topliss-reactive ketones (excluding diaryl/α,β-unsaturated/α-hetero) is 1. The van der Waals surface area contributed by atoms with Gasteiger partial charge in [-0.15, -0.1) is 22.6 Å². The van der Waals surface area contributed by atoms with Crippen molar-refractivity contribution >= 4 is 35.9 Å². The first-order valence-corrected chi connectivity index (χ1v) is 10.5. The topological polar surface area (TPSA) is 111 Å². The van der Waals surface area contributed by atoms with Crippen LogP contribution in [0.3, 0.4) is 0 Å². The number of aromatic nitrogens is 2. The molecule has 3 N–H and O–H groups in total. The molecule has 1 atom stereocenters. The molecule has 154 valence electrons. The Balaban J connectivity index is 0.00000364. The number of carbonyl (C=O) groups excluding carboxylic acids is 2. The van der Waals surface area contributed by atoms with Gasteiger partial charge in [0.05, 0.1) is 6.04 Å². The highest BCUT2D eigenvalue weighted by atomic mass is 35.5. The van der Waals surface area contributed by atoms with Crippen LogP contribution < -0.4 is 11.1 Å². The van der Waals surface area contributed by atoms with Gasteiger partial charge in [-0.1, -0.05) is 51.3 Å². The normalized spacial score (nSPS) is 16.4. The Kier molecular flexibility index (Phi) is 10.9. The van der Waals surface area contributed by atoms with Crippen LogP contribution in [0.2, 0.25) is 0 Å². The summed E-state index contributed by atoms with van der Waals surface area (Å²) < 4.78 is 5.44. The molecule has 1 fully saturated rings. The van der Waals surface area contributed by atoms with Gasteiger partial charge >= 0.3 is 0 Å². The molecule has 1 aromatic heterocycles. The summed E-state index contributed by atoms with van der Waals surface area (Å²) in [6.07, 6.45) is 6.86. The largest absolute Gasteiger partial charge is 0.408 e. The van der Waals surface area contributed by atoms with E-state index in [0.29, 0.717) is 23.9 Å². The third kappa shape index (κ3) is 7.79. The van der Waals surface area contributed by atoms with Crippen molar-refractivity contribution in [2.45, 2.75) is 70.1 Å². The van der Waals surface area contributed by atoms with E-state index in [-0.39, 0.29) is 41.8 Å². The first-order chi connectivity index (χ1) is 12.5. The monoisotopic (exact) mass is 418 g/mol. The standard InChI is InChI=1S/C18H30N4O3S.ClH/c1-12(2)11-14(20-16(24)13-7-5-3-4-6-8-13)15(23)17-21-22-18(25-17)26-10-9-19;/h12-14H,3-11,19H2,1-2H3,(H,20,24);1H/t14-;/m0./s1. The maximum absolute atomic E-state index is 12.8. The predicted molar refractivity (Wildman–Crippen MR) is 108 cm³/mol. The quantitative estimate of drug-likeness (QED) is 0.359. The smallest absolute Gasteiger partial charge is 0.286 e. The number of nitrogens with one attached hydrogen (secondary N) is 1.